The first kappa shape index (κ1) is 59.6. The Morgan fingerprint density at radius 2 is 0.804 bits per heavy atom. The van der Waals surface area contributed by atoms with E-state index in [1.807, 2.05) is 0 Å². The molecule has 304 valence electrons. The Morgan fingerprint density at radius 3 is 0.922 bits per heavy atom. The van der Waals surface area contributed by atoms with E-state index in [1.165, 1.54) is 0 Å². The molecule has 0 fully saturated rings. The van der Waals surface area contributed by atoms with Gasteiger partial charge in [-0.3, -0.25) is 33.4 Å². The highest BCUT2D eigenvalue weighted by atomic mass is 31.3. The topological polar surface area (TPSA) is 585 Å². The maximum Gasteiger partial charge on any atom is 0.503 e. The van der Waals surface area contributed by atoms with E-state index < -0.39 is 112 Å². The second-order valence-electron chi connectivity index (χ2n) is 7.56. The Kier molecular flexibility index (Phi) is 35.2. The Bertz CT molecular complexity index is 1170. The average molecular weight is 845 g/mol. The van der Waals surface area contributed by atoms with E-state index in [4.69, 9.17) is 101 Å². The lowest BCUT2D eigenvalue weighted by atomic mass is 9.96. The molecule has 0 aliphatic heterocycles. The van der Waals surface area contributed by atoms with Gasteiger partial charge in [-0.25, -0.2) is 23.3 Å². The molecule has 0 atom stereocenters. The quantitative estimate of drug-likeness (QED) is 0.0647. The summed E-state index contributed by atoms with van der Waals surface area (Å²) in [5.74, 6) is -8.80. The summed E-state index contributed by atoms with van der Waals surface area (Å²) in [6, 6.07) is 0. The van der Waals surface area contributed by atoms with Gasteiger partial charge in [-0.05, 0) is 0 Å². The standard InChI is InChI=1S/C6H9NO6.C6H8O7.C2H8N2.CH2O3.H5O10P3.H3O3P/c8-4(9)1-7(2-5(10)11)3-6(12)13;7-3(8)1-6(13,5(11)12)2-4(9)10;3-1-2-4;2-1(3)4;1-11(2,3)9-13(7,8)10-12(4,5)6;1-4(2)3/h1-3H2,(H,8,9)(H,10,11)(H,12,13);13H,1-2H2,(H,7,8)(H,9,10)(H,11,12);1-4H2;(H2,2,3,4);(H,7,8)(H2,1,2,3)(H2,4,5,6);4H,(H2,1,2,3). The summed E-state index contributed by atoms with van der Waals surface area (Å²) in [7, 11) is -19.3. The number of phosphoric acid groups is 3. The number of rotatable bonds is 16. The van der Waals surface area contributed by atoms with Crippen molar-refractivity contribution < 1.29 is 141 Å². The molecule has 0 saturated carbocycles. The first-order valence-electron chi connectivity index (χ1n) is 11.4. The van der Waals surface area contributed by atoms with Gasteiger partial charge in [0.25, 0.3) is 0 Å². The maximum atomic E-state index is 10.4. The number of carboxylic acid groups (broad SMARTS) is 8. The van der Waals surface area contributed by atoms with E-state index in [0.29, 0.717) is 13.1 Å². The van der Waals surface area contributed by atoms with Gasteiger partial charge in [-0.15, -0.1) is 0 Å². The van der Waals surface area contributed by atoms with Crippen molar-refractivity contribution in [2.75, 3.05) is 32.7 Å². The van der Waals surface area contributed by atoms with Crippen LogP contribution in [0.3, 0.4) is 0 Å². The van der Waals surface area contributed by atoms with Gasteiger partial charge in [0.1, 0.15) is 0 Å². The highest BCUT2D eigenvalue weighted by molar-refractivity contribution is 7.66. The molecule has 0 radical (unpaired) electrons. The molecule has 0 aromatic heterocycles. The summed E-state index contributed by atoms with van der Waals surface area (Å²) >= 11 is 0. The van der Waals surface area contributed by atoms with E-state index in [1.54, 1.807) is 0 Å². The molecule has 0 aromatic carbocycles. The van der Waals surface area contributed by atoms with Crippen LogP contribution in [0, 0.1) is 0 Å². The van der Waals surface area contributed by atoms with E-state index in [9.17, 15) is 42.5 Å². The van der Waals surface area contributed by atoms with Crippen molar-refractivity contribution in [3.63, 3.8) is 0 Å². The van der Waals surface area contributed by atoms with Gasteiger partial charge in [-0.1, -0.05) is 0 Å². The number of hydrogen-bond acceptors (Lipinski definition) is 17. The van der Waals surface area contributed by atoms with Crippen molar-refractivity contribution in [1.29, 1.82) is 0 Å². The average Bonchev–Trinajstić information content (AvgIpc) is 2.78. The molecule has 0 amide bonds. The van der Waals surface area contributed by atoms with Crippen molar-refractivity contribution in [3.8, 4) is 0 Å². The fourth-order valence-electron chi connectivity index (χ4n) is 1.74. The summed E-state index contributed by atoms with van der Waals surface area (Å²) < 4.78 is 45.1. The van der Waals surface area contributed by atoms with Crippen LogP contribution < -0.4 is 11.5 Å². The van der Waals surface area contributed by atoms with Crippen LogP contribution >= 0.6 is 31.7 Å². The summed E-state index contributed by atoms with van der Waals surface area (Å²) in [5.41, 5.74) is 7.07. The van der Waals surface area contributed by atoms with Gasteiger partial charge >= 0.3 is 73.7 Å². The van der Waals surface area contributed by atoms with Gasteiger partial charge < -0.3 is 91.7 Å². The van der Waals surface area contributed by atoms with Crippen molar-refractivity contribution >= 4 is 73.7 Å². The van der Waals surface area contributed by atoms with E-state index >= 15 is 0 Å². The third kappa shape index (κ3) is 65.5. The molecule has 0 aliphatic rings. The fraction of sp³-hybridized carbons (Fsp3) is 0.533. The second-order valence-corrected chi connectivity index (χ2v) is 12.3. The number of nitrogens with two attached hydrogens (primary N) is 2. The van der Waals surface area contributed by atoms with Crippen molar-refractivity contribution in [2.24, 2.45) is 11.5 Å². The largest absolute Gasteiger partial charge is 0.503 e. The summed E-state index contributed by atoms with van der Waals surface area (Å²) in [5, 5.41) is 72.6. The summed E-state index contributed by atoms with van der Waals surface area (Å²) in [4.78, 5) is 125. The highest BCUT2D eigenvalue weighted by Gasteiger charge is 2.41. The van der Waals surface area contributed by atoms with Crippen LogP contribution in [0.5, 0.6) is 0 Å². The lowest BCUT2D eigenvalue weighted by Crippen LogP contribution is -2.42. The first-order valence-corrected chi connectivity index (χ1v) is 17.2. The molecular formula is C15H35N3O29P4. The fourth-order valence-corrected chi connectivity index (χ4v) is 4.28. The predicted octanol–water partition coefficient (Wildman–Crippen LogP) is -4.91. The Labute approximate surface area is 282 Å². The minimum absolute atomic E-state index is 0.597. The smallest absolute Gasteiger partial charge is 0.481 e. The van der Waals surface area contributed by atoms with Crippen LogP contribution in [-0.2, 0) is 55.6 Å². The van der Waals surface area contributed by atoms with E-state index in [2.05, 4.69) is 8.62 Å². The molecule has 32 nitrogen and oxygen atoms in total. The van der Waals surface area contributed by atoms with Crippen molar-refractivity contribution in [1.82, 2.24) is 4.90 Å². The molecule has 0 aliphatic carbocycles. The third-order valence-electron chi connectivity index (χ3n) is 2.95. The lowest BCUT2D eigenvalue weighted by molar-refractivity contribution is -0.170. The molecule has 0 rings (SSSR count). The number of carboxylic acids is 6. The summed E-state index contributed by atoms with van der Waals surface area (Å²) in [6.07, 6.45) is -4.12. The Hall–Kier alpha value is -3.51. The molecule has 0 unspecified atom stereocenters. The highest BCUT2D eigenvalue weighted by Crippen LogP contribution is 2.64. The molecule has 0 heterocycles. The number of carbonyl (C=O) groups is 7. The van der Waals surface area contributed by atoms with E-state index in [0.717, 1.165) is 4.90 Å². The lowest BCUT2D eigenvalue weighted by Gasteiger charge is -2.18. The van der Waals surface area contributed by atoms with E-state index in [-0.39, 0.29) is 0 Å². The van der Waals surface area contributed by atoms with Gasteiger partial charge in [0.2, 0.25) is 0 Å². The zero-order valence-electron chi connectivity index (χ0n) is 24.9. The van der Waals surface area contributed by atoms with Gasteiger partial charge in [0, 0.05) is 13.1 Å². The predicted molar refractivity (Wildman–Crippen MR) is 155 cm³/mol. The normalized spacial score (nSPS) is 10.7. The van der Waals surface area contributed by atoms with Crippen LogP contribution in [0.4, 0.5) is 4.79 Å². The monoisotopic (exact) mass is 845 g/mol. The second kappa shape index (κ2) is 30.1. The first-order chi connectivity index (χ1) is 22.5. The van der Waals surface area contributed by atoms with Crippen molar-refractivity contribution in [3.05, 3.63) is 0 Å². The van der Waals surface area contributed by atoms with Gasteiger partial charge in [0.15, 0.2) is 5.60 Å². The number of nitrogens with zero attached hydrogens (tertiary/aromatic N) is 1. The van der Waals surface area contributed by atoms with Crippen LogP contribution in [0.15, 0.2) is 0 Å². The number of hydrogen-bond donors (Lipinski definition) is 18. The SMILES string of the molecule is NCCN.O=C(O)CC(O)(CC(=O)O)C(=O)O.O=C(O)CN(CC(=O)O)CC(=O)O.O=C(O)O.O=P(O)(O)OP(=O)(O)OP(=O)(O)O.O=[PH](O)O. The summed E-state index contributed by atoms with van der Waals surface area (Å²) in [6.45, 7) is -0.601. The molecule has 51 heavy (non-hydrogen) atoms. The molecule has 0 spiro atoms. The molecule has 20 N–H and O–H groups in total. The number of aliphatic carboxylic acids is 6. The molecule has 0 aromatic rings. The van der Waals surface area contributed by atoms with Crippen LogP contribution in [0.25, 0.3) is 0 Å². The van der Waals surface area contributed by atoms with Gasteiger partial charge in [-0.2, -0.15) is 8.62 Å². The third-order valence-corrected chi connectivity index (χ3v) is 6.30. The molecule has 36 heteroatoms. The minimum atomic E-state index is -5.46. The maximum absolute atomic E-state index is 10.4. The van der Waals surface area contributed by atoms with Crippen LogP contribution in [0.2, 0.25) is 0 Å². The molecular weight excluding hydrogens is 810 g/mol. The Morgan fingerprint density at radius 1 is 0.588 bits per heavy atom. The molecule has 0 bridgehead atoms. The zero-order chi connectivity index (χ0) is 42.6. The Balaban J connectivity index is -0.000000128. The van der Waals surface area contributed by atoms with Crippen LogP contribution in [-0.4, -0.2) is 165 Å². The number of aliphatic hydroxyl groups is 1. The van der Waals surface area contributed by atoms with Crippen molar-refractivity contribution in [2.45, 2.75) is 18.4 Å². The molecule has 0 saturated heterocycles. The van der Waals surface area contributed by atoms with Gasteiger partial charge in [0.05, 0.1) is 32.5 Å². The van der Waals surface area contributed by atoms with Crippen LogP contribution in [0.1, 0.15) is 12.8 Å². The minimum Gasteiger partial charge on any atom is -0.481 e. The zero-order valence-corrected chi connectivity index (χ0v) is 28.5.